The zero-order valence-electron chi connectivity index (χ0n) is 16.2. The maximum absolute atomic E-state index is 12.7. The number of allylic oxidation sites excluding steroid dienone is 1. The fraction of sp³-hybridized carbons (Fsp3) is 0.333. The summed E-state index contributed by atoms with van der Waals surface area (Å²) in [5.41, 5.74) is 5.85. The number of carbonyl (C=O) groups excluding carboxylic acids is 1. The van der Waals surface area contributed by atoms with Crippen molar-refractivity contribution >= 4 is 17.4 Å². The molecule has 0 aliphatic heterocycles. The largest absolute Gasteiger partial charge is 0.299 e. The van der Waals surface area contributed by atoms with Gasteiger partial charge in [-0.2, -0.15) is 5.26 Å². The highest BCUT2D eigenvalue weighted by Gasteiger charge is 2.43. The lowest BCUT2D eigenvalue weighted by molar-refractivity contribution is -0.125. The first kappa shape index (κ1) is 18.1. The molecular formula is C24H25NO. The second-order valence-corrected chi connectivity index (χ2v) is 8.43. The van der Waals surface area contributed by atoms with Crippen LogP contribution in [0.2, 0.25) is 0 Å². The van der Waals surface area contributed by atoms with Crippen LogP contribution in [0.4, 0.5) is 0 Å². The van der Waals surface area contributed by atoms with Crippen LogP contribution in [0.3, 0.4) is 0 Å². The topological polar surface area (TPSA) is 40.9 Å². The van der Waals surface area contributed by atoms with E-state index in [1.807, 2.05) is 38.1 Å². The molecule has 2 nitrogen and oxygen atoms in total. The highest BCUT2D eigenvalue weighted by molar-refractivity contribution is 5.93. The lowest BCUT2D eigenvalue weighted by Gasteiger charge is -2.40. The molecule has 0 saturated carbocycles. The Kier molecular flexibility index (Phi) is 4.36. The number of fused-ring (bicyclic) bond motifs is 1. The Hall–Kier alpha value is -2.66. The monoisotopic (exact) mass is 343 g/mol. The Morgan fingerprint density at radius 1 is 1.04 bits per heavy atom. The Balaban J connectivity index is 2.05. The maximum atomic E-state index is 12.7. The van der Waals surface area contributed by atoms with Crippen LogP contribution in [0.5, 0.6) is 0 Å². The van der Waals surface area contributed by atoms with Crippen LogP contribution in [0.25, 0.3) is 11.6 Å². The van der Waals surface area contributed by atoms with Gasteiger partial charge in [-0.25, -0.2) is 0 Å². The minimum absolute atomic E-state index is 0.120. The molecule has 0 fully saturated rings. The molecule has 0 saturated heterocycles. The average Bonchev–Trinajstić information content (AvgIpc) is 2.60. The van der Waals surface area contributed by atoms with Gasteiger partial charge in [-0.1, -0.05) is 50.3 Å². The normalized spacial score (nSPS) is 18.2. The number of benzene rings is 2. The highest BCUT2D eigenvalue weighted by Crippen LogP contribution is 2.44. The van der Waals surface area contributed by atoms with Crippen molar-refractivity contribution in [3.63, 3.8) is 0 Å². The molecule has 26 heavy (non-hydrogen) atoms. The third kappa shape index (κ3) is 3.10. The van der Waals surface area contributed by atoms with Gasteiger partial charge in [-0.3, -0.25) is 4.79 Å². The van der Waals surface area contributed by atoms with E-state index in [4.69, 9.17) is 5.26 Å². The van der Waals surface area contributed by atoms with Gasteiger partial charge in [0.2, 0.25) is 0 Å². The summed E-state index contributed by atoms with van der Waals surface area (Å²) in [7, 11) is 0. The molecule has 132 valence electrons. The highest BCUT2D eigenvalue weighted by atomic mass is 16.1. The van der Waals surface area contributed by atoms with Gasteiger partial charge in [0.25, 0.3) is 0 Å². The van der Waals surface area contributed by atoms with E-state index in [1.54, 1.807) is 0 Å². The van der Waals surface area contributed by atoms with Crippen molar-refractivity contribution in [3.05, 3.63) is 70.3 Å². The molecular weight excluding hydrogens is 318 g/mol. The van der Waals surface area contributed by atoms with Gasteiger partial charge < -0.3 is 0 Å². The minimum Gasteiger partial charge on any atom is -0.299 e. The van der Waals surface area contributed by atoms with Gasteiger partial charge >= 0.3 is 0 Å². The molecule has 1 aliphatic carbocycles. The first-order valence-corrected chi connectivity index (χ1v) is 9.02. The van der Waals surface area contributed by atoms with Crippen molar-refractivity contribution < 1.29 is 4.79 Å². The van der Waals surface area contributed by atoms with E-state index in [9.17, 15) is 4.79 Å². The number of Topliss-reactive ketones (excluding diaryl/α,β-unsaturated/α-hetero) is 1. The van der Waals surface area contributed by atoms with E-state index in [0.717, 1.165) is 22.3 Å². The third-order valence-corrected chi connectivity index (χ3v) is 5.60. The second kappa shape index (κ2) is 6.25. The Morgan fingerprint density at radius 2 is 1.69 bits per heavy atom. The van der Waals surface area contributed by atoms with E-state index in [-0.39, 0.29) is 5.41 Å². The van der Waals surface area contributed by atoms with Crippen molar-refractivity contribution in [2.45, 2.75) is 51.9 Å². The molecule has 0 N–H and O–H groups in total. The van der Waals surface area contributed by atoms with Gasteiger partial charge in [0.15, 0.2) is 0 Å². The van der Waals surface area contributed by atoms with Crippen molar-refractivity contribution in [3.8, 4) is 6.07 Å². The van der Waals surface area contributed by atoms with Gasteiger partial charge in [0.05, 0.1) is 11.6 Å². The summed E-state index contributed by atoms with van der Waals surface area (Å²) in [6.45, 7) is 10.5. The SMILES string of the molecule is C/C(=C/c1ccc(C#N)cc1)c1ccc2c(c1)C(C)(C)C(=O)CC2(C)C. The van der Waals surface area contributed by atoms with Crippen LogP contribution in [-0.2, 0) is 15.6 Å². The lowest BCUT2D eigenvalue weighted by atomic mass is 9.62. The summed E-state index contributed by atoms with van der Waals surface area (Å²) in [5, 5.41) is 8.92. The average molecular weight is 343 g/mol. The fourth-order valence-electron chi connectivity index (χ4n) is 3.75. The number of hydrogen-bond donors (Lipinski definition) is 0. The first-order chi connectivity index (χ1) is 12.1. The molecule has 3 rings (SSSR count). The smallest absolute Gasteiger partial charge is 0.143 e. The van der Waals surface area contributed by atoms with Gasteiger partial charge in [0.1, 0.15) is 5.78 Å². The summed E-state index contributed by atoms with van der Waals surface area (Å²) in [4.78, 5) is 12.7. The van der Waals surface area contributed by atoms with Crippen molar-refractivity contribution in [1.82, 2.24) is 0 Å². The zero-order chi connectivity index (χ0) is 19.1. The van der Waals surface area contributed by atoms with Crippen LogP contribution < -0.4 is 0 Å². The predicted molar refractivity (Wildman–Crippen MR) is 107 cm³/mol. The molecule has 0 amide bonds. The number of ketones is 1. The van der Waals surface area contributed by atoms with E-state index >= 15 is 0 Å². The van der Waals surface area contributed by atoms with E-state index < -0.39 is 5.41 Å². The van der Waals surface area contributed by atoms with Crippen molar-refractivity contribution in [1.29, 1.82) is 5.26 Å². The summed E-state index contributed by atoms with van der Waals surface area (Å²) in [6.07, 6.45) is 2.71. The standard InChI is InChI=1S/C24H25NO/c1-16(12-17-6-8-18(15-25)9-7-17)19-10-11-20-21(13-19)24(4,5)22(26)14-23(20,2)3/h6-13H,14H2,1-5H3/b16-12-. The molecule has 0 atom stereocenters. The zero-order valence-corrected chi connectivity index (χ0v) is 16.2. The molecule has 0 aromatic heterocycles. The van der Waals surface area contributed by atoms with Crippen LogP contribution in [0.1, 0.15) is 68.9 Å². The molecule has 0 bridgehead atoms. The number of rotatable bonds is 2. The summed E-state index contributed by atoms with van der Waals surface area (Å²) in [6, 6.07) is 16.2. The molecule has 2 aromatic rings. The molecule has 0 spiro atoms. The fourth-order valence-corrected chi connectivity index (χ4v) is 3.75. The predicted octanol–water partition coefficient (Wildman–Crippen LogP) is 5.65. The molecule has 2 heteroatoms. The summed E-state index contributed by atoms with van der Waals surface area (Å²) in [5.74, 6) is 0.306. The summed E-state index contributed by atoms with van der Waals surface area (Å²) < 4.78 is 0. The van der Waals surface area contributed by atoms with Crippen LogP contribution in [-0.4, -0.2) is 5.78 Å². The maximum Gasteiger partial charge on any atom is 0.143 e. The van der Waals surface area contributed by atoms with E-state index in [0.29, 0.717) is 17.8 Å². The Labute approximate surface area is 156 Å². The van der Waals surface area contributed by atoms with Crippen molar-refractivity contribution in [2.75, 3.05) is 0 Å². The Morgan fingerprint density at radius 3 is 2.31 bits per heavy atom. The van der Waals surface area contributed by atoms with E-state index in [2.05, 4.69) is 51.1 Å². The number of carbonyl (C=O) groups is 1. The molecule has 0 radical (unpaired) electrons. The number of hydrogen-bond acceptors (Lipinski definition) is 2. The summed E-state index contributed by atoms with van der Waals surface area (Å²) >= 11 is 0. The lowest BCUT2D eigenvalue weighted by Crippen LogP contribution is -2.42. The number of nitriles is 1. The minimum atomic E-state index is -0.449. The van der Waals surface area contributed by atoms with Gasteiger partial charge in [-0.15, -0.1) is 0 Å². The second-order valence-electron chi connectivity index (χ2n) is 8.43. The van der Waals surface area contributed by atoms with Crippen molar-refractivity contribution in [2.24, 2.45) is 0 Å². The van der Waals surface area contributed by atoms with Gasteiger partial charge in [-0.05, 0) is 66.1 Å². The molecule has 0 unspecified atom stereocenters. The quantitative estimate of drug-likeness (QED) is 0.661. The van der Waals surface area contributed by atoms with Crippen LogP contribution in [0, 0.1) is 11.3 Å². The number of nitrogens with zero attached hydrogens (tertiary/aromatic N) is 1. The first-order valence-electron chi connectivity index (χ1n) is 9.02. The van der Waals surface area contributed by atoms with E-state index in [1.165, 1.54) is 5.56 Å². The van der Waals surface area contributed by atoms with Gasteiger partial charge in [0, 0.05) is 11.8 Å². The molecule has 0 heterocycles. The van der Waals surface area contributed by atoms with Crippen LogP contribution >= 0.6 is 0 Å². The Bertz CT molecular complexity index is 937. The molecule has 1 aliphatic rings. The molecule has 2 aromatic carbocycles. The van der Waals surface area contributed by atoms with Crippen LogP contribution in [0.15, 0.2) is 42.5 Å². The third-order valence-electron chi connectivity index (χ3n) is 5.60.